The zero-order valence-corrected chi connectivity index (χ0v) is 13.7. The molecular weight excluding hydrogens is 384 g/mol. The number of rotatable bonds is 4. The van der Waals surface area contributed by atoms with Crippen molar-refractivity contribution in [1.82, 2.24) is 0 Å². The highest BCUT2D eigenvalue weighted by molar-refractivity contribution is 6.04. The molecule has 1 aromatic rings. The summed E-state index contributed by atoms with van der Waals surface area (Å²) in [6.07, 6.45) is 2.54. The highest BCUT2D eigenvalue weighted by atomic mass is 16.4. The van der Waals surface area contributed by atoms with Crippen molar-refractivity contribution in [2.45, 2.75) is 5.60 Å². The maximum atomic E-state index is 10.6. The Kier molecular flexibility index (Phi) is 6.35. The topological polar surface area (TPSA) is 230 Å². The third-order valence-electron chi connectivity index (χ3n) is 3.51. The number of aliphatic hydroxyl groups is 2. The van der Waals surface area contributed by atoms with Crippen molar-refractivity contribution in [1.29, 1.82) is 0 Å². The minimum atomic E-state index is -2.59. The van der Waals surface area contributed by atoms with Crippen LogP contribution in [-0.4, -0.2) is 70.3 Å². The van der Waals surface area contributed by atoms with Gasteiger partial charge in [-0.2, -0.15) is 0 Å². The summed E-state index contributed by atoms with van der Waals surface area (Å²) in [5.41, 5.74) is -3.99. The first-order chi connectivity index (χ1) is 12.8. The van der Waals surface area contributed by atoms with E-state index in [2.05, 4.69) is 0 Å². The second kappa shape index (κ2) is 8.09. The molecule has 1 aliphatic carbocycles. The minimum absolute atomic E-state index is 0.479. The van der Waals surface area contributed by atoms with E-state index in [1.807, 2.05) is 0 Å². The van der Waals surface area contributed by atoms with Crippen molar-refractivity contribution < 1.29 is 60.0 Å². The summed E-state index contributed by atoms with van der Waals surface area (Å²) in [5.74, 6) is -10.0. The maximum Gasteiger partial charge on any atom is 0.341 e. The lowest BCUT2D eigenvalue weighted by Gasteiger charge is -2.26. The summed E-state index contributed by atoms with van der Waals surface area (Å²) in [7, 11) is 0. The molecule has 28 heavy (non-hydrogen) atoms. The number of aliphatic hydroxyl groups excluding tert-OH is 1. The van der Waals surface area contributed by atoms with E-state index in [1.54, 1.807) is 0 Å². The van der Waals surface area contributed by atoms with Crippen LogP contribution in [0, 0.1) is 5.92 Å². The Morgan fingerprint density at radius 2 is 1.46 bits per heavy atom. The van der Waals surface area contributed by atoms with Crippen LogP contribution < -0.4 is 0 Å². The third-order valence-corrected chi connectivity index (χ3v) is 3.51. The molecule has 0 fully saturated rings. The fraction of sp³-hybridized carbons (Fsp3) is 0.125. The molecule has 12 heteroatoms. The molecule has 0 aliphatic heterocycles. The van der Waals surface area contributed by atoms with Crippen molar-refractivity contribution in [2.75, 3.05) is 0 Å². The van der Waals surface area contributed by atoms with Crippen LogP contribution in [0.4, 0.5) is 0 Å². The average Bonchev–Trinajstić information content (AvgIpc) is 2.56. The lowest BCUT2D eigenvalue weighted by atomic mass is 9.83. The van der Waals surface area contributed by atoms with Gasteiger partial charge < -0.3 is 40.9 Å². The maximum absolute atomic E-state index is 10.6. The zero-order valence-electron chi connectivity index (χ0n) is 13.7. The molecule has 12 nitrogen and oxygen atoms in total. The van der Waals surface area contributed by atoms with Crippen LogP contribution in [0.15, 0.2) is 36.1 Å². The van der Waals surface area contributed by atoms with Gasteiger partial charge in [-0.25, -0.2) is 14.4 Å². The van der Waals surface area contributed by atoms with Crippen LogP contribution in [0.25, 0.3) is 0 Å². The molecule has 0 bridgehead atoms. The molecule has 1 aromatic carbocycles. The molecule has 0 amide bonds. The lowest BCUT2D eigenvalue weighted by molar-refractivity contribution is -0.165. The second-order valence-electron chi connectivity index (χ2n) is 5.34. The van der Waals surface area contributed by atoms with E-state index >= 15 is 0 Å². The van der Waals surface area contributed by atoms with E-state index in [-0.39, 0.29) is 0 Å². The highest BCUT2D eigenvalue weighted by Gasteiger charge is 2.47. The zero-order chi connectivity index (χ0) is 21.8. The summed E-state index contributed by atoms with van der Waals surface area (Å²) < 4.78 is 0. The van der Waals surface area contributed by atoms with Crippen LogP contribution in [0.5, 0.6) is 11.5 Å². The van der Waals surface area contributed by atoms with E-state index in [1.165, 1.54) is 0 Å². The molecule has 0 saturated heterocycles. The Morgan fingerprint density at radius 3 is 1.89 bits per heavy atom. The average molecular weight is 398 g/mol. The molecule has 0 radical (unpaired) electrons. The summed E-state index contributed by atoms with van der Waals surface area (Å²) in [6.45, 7) is 0. The van der Waals surface area contributed by atoms with E-state index < -0.39 is 63.8 Å². The van der Waals surface area contributed by atoms with Crippen molar-refractivity contribution in [3.63, 3.8) is 0 Å². The summed E-state index contributed by atoms with van der Waals surface area (Å²) in [4.78, 5) is 42.3. The molecule has 150 valence electrons. The predicted molar refractivity (Wildman–Crippen MR) is 87.3 cm³/mol. The Morgan fingerprint density at radius 1 is 0.893 bits per heavy atom. The lowest BCUT2D eigenvalue weighted by Crippen LogP contribution is -2.48. The number of aliphatic carboxylic acids is 2. The van der Waals surface area contributed by atoms with E-state index in [0.717, 1.165) is 24.3 Å². The fourth-order valence-electron chi connectivity index (χ4n) is 2.15. The number of hydrogen-bond donors (Lipinski definition) is 8. The number of aromatic hydroxyl groups is 2. The molecule has 1 aliphatic rings. The van der Waals surface area contributed by atoms with E-state index in [4.69, 9.17) is 35.7 Å². The molecule has 0 spiro atoms. The van der Waals surface area contributed by atoms with Crippen molar-refractivity contribution in [3.05, 3.63) is 47.2 Å². The van der Waals surface area contributed by atoms with Gasteiger partial charge in [0.25, 0.3) is 0 Å². The van der Waals surface area contributed by atoms with Gasteiger partial charge in [-0.3, -0.25) is 4.79 Å². The standard InChI is InChI=1S/C8H8O6.C8H6O6/c9-4-1-2-5(6(10)11)8(14,3-4)7(12)13;9-4-2-1-3(7(11)12)5(6(4)10)8(13)14/h1-3,5,9,14H,(H,10,11)(H,12,13);1-2,9-10H,(H,11,12)(H,13,14). The molecule has 2 rings (SSSR count). The van der Waals surface area contributed by atoms with Gasteiger partial charge in [-0.1, -0.05) is 6.08 Å². The Bertz CT molecular complexity index is 897. The predicted octanol–water partition coefficient (Wildman–Crippen LogP) is 0.00880. The van der Waals surface area contributed by atoms with Crippen LogP contribution >= 0.6 is 0 Å². The largest absolute Gasteiger partial charge is 0.508 e. The number of benzene rings is 1. The number of phenols is 2. The van der Waals surface area contributed by atoms with Crippen LogP contribution in [0.1, 0.15) is 20.7 Å². The van der Waals surface area contributed by atoms with Gasteiger partial charge in [-0.15, -0.1) is 0 Å². The number of carboxylic acids is 4. The van der Waals surface area contributed by atoms with Crippen molar-refractivity contribution >= 4 is 23.9 Å². The number of allylic oxidation sites excluding steroid dienone is 1. The Balaban J connectivity index is 0.000000280. The van der Waals surface area contributed by atoms with Gasteiger partial charge in [0.15, 0.2) is 11.5 Å². The normalized spacial score (nSPS) is 20.3. The van der Waals surface area contributed by atoms with Crippen molar-refractivity contribution in [2.24, 2.45) is 5.92 Å². The summed E-state index contributed by atoms with van der Waals surface area (Å²) in [5, 5.41) is 70.9. The molecule has 0 saturated carbocycles. The van der Waals surface area contributed by atoms with Gasteiger partial charge in [-0.05, 0) is 18.2 Å². The monoisotopic (exact) mass is 398 g/mol. The molecule has 0 aromatic heterocycles. The number of carbonyl (C=O) groups is 4. The first-order valence-corrected chi connectivity index (χ1v) is 7.13. The Labute approximate surface area is 155 Å². The fourth-order valence-corrected chi connectivity index (χ4v) is 2.15. The quantitative estimate of drug-likeness (QED) is 0.313. The molecule has 0 heterocycles. The van der Waals surface area contributed by atoms with Gasteiger partial charge in [0.1, 0.15) is 17.2 Å². The number of phenolic OH excluding ortho intramolecular Hbond substituents is 1. The first kappa shape index (κ1) is 22.0. The summed E-state index contributed by atoms with van der Waals surface area (Å²) >= 11 is 0. The molecule has 8 N–H and O–H groups in total. The van der Waals surface area contributed by atoms with E-state index in [0.29, 0.717) is 6.08 Å². The third kappa shape index (κ3) is 4.37. The van der Waals surface area contributed by atoms with E-state index in [9.17, 15) is 24.3 Å². The highest BCUT2D eigenvalue weighted by Crippen LogP contribution is 2.31. The van der Waals surface area contributed by atoms with Crippen molar-refractivity contribution in [3.8, 4) is 11.5 Å². The smallest absolute Gasteiger partial charge is 0.341 e. The number of aromatic carboxylic acids is 2. The minimum Gasteiger partial charge on any atom is -0.508 e. The number of carboxylic acid groups (broad SMARTS) is 4. The first-order valence-electron chi connectivity index (χ1n) is 7.13. The van der Waals surface area contributed by atoms with Gasteiger partial charge in [0, 0.05) is 6.08 Å². The SMILES string of the molecule is O=C(O)C1C=CC(O)=CC1(O)C(=O)O.O=C(O)c1ccc(O)c(O)c1C(=O)O. The van der Waals surface area contributed by atoms with Crippen LogP contribution in [-0.2, 0) is 9.59 Å². The van der Waals surface area contributed by atoms with Gasteiger partial charge in [0.05, 0.1) is 5.56 Å². The molecular formula is C16H14O12. The molecule has 2 atom stereocenters. The molecule has 2 unspecified atom stereocenters. The van der Waals surface area contributed by atoms with Crippen LogP contribution in [0.3, 0.4) is 0 Å². The van der Waals surface area contributed by atoms with Gasteiger partial charge in [0.2, 0.25) is 5.60 Å². The Hall–Kier alpha value is -4.06. The second-order valence-corrected chi connectivity index (χ2v) is 5.34. The van der Waals surface area contributed by atoms with Crippen LogP contribution in [0.2, 0.25) is 0 Å². The van der Waals surface area contributed by atoms with Gasteiger partial charge >= 0.3 is 23.9 Å². The number of hydrogen-bond acceptors (Lipinski definition) is 8. The summed E-state index contributed by atoms with van der Waals surface area (Å²) in [6, 6.07) is 1.81.